The Morgan fingerprint density at radius 1 is 1.25 bits per heavy atom. The standard InChI is InChI=1S/C7H3Cl2FN2/c8-3-1-5-6(2-4(3)9)12-7(10)11-5/h1-2H,(H,11,12). The van der Waals surface area contributed by atoms with E-state index in [-0.39, 0.29) is 0 Å². The number of nitrogens with zero attached hydrogens (tertiary/aromatic N) is 1. The van der Waals surface area contributed by atoms with Crippen LogP contribution >= 0.6 is 23.2 Å². The van der Waals surface area contributed by atoms with Crippen molar-refractivity contribution in [3.8, 4) is 0 Å². The molecule has 1 heterocycles. The summed E-state index contributed by atoms with van der Waals surface area (Å²) < 4.78 is 12.5. The Morgan fingerprint density at radius 2 is 1.92 bits per heavy atom. The zero-order chi connectivity index (χ0) is 8.72. The van der Waals surface area contributed by atoms with Crippen LogP contribution in [0.2, 0.25) is 10.0 Å². The monoisotopic (exact) mass is 204 g/mol. The number of benzene rings is 1. The van der Waals surface area contributed by atoms with Crippen LogP contribution in [0.3, 0.4) is 0 Å². The second-order valence-electron chi connectivity index (χ2n) is 2.31. The average molecular weight is 205 g/mol. The number of hydrogen-bond acceptors (Lipinski definition) is 1. The predicted octanol–water partition coefficient (Wildman–Crippen LogP) is 3.01. The average Bonchev–Trinajstić information content (AvgIpc) is 2.30. The fourth-order valence-electron chi connectivity index (χ4n) is 0.974. The fourth-order valence-corrected chi connectivity index (χ4v) is 1.30. The highest BCUT2D eigenvalue weighted by Crippen LogP contribution is 2.26. The molecule has 12 heavy (non-hydrogen) atoms. The Bertz CT molecular complexity index is 399. The number of rotatable bonds is 0. The van der Waals surface area contributed by atoms with E-state index < -0.39 is 6.08 Å². The van der Waals surface area contributed by atoms with Crippen molar-refractivity contribution in [1.82, 2.24) is 9.97 Å². The van der Waals surface area contributed by atoms with E-state index in [2.05, 4.69) is 9.97 Å². The summed E-state index contributed by atoms with van der Waals surface area (Å²) in [4.78, 5) is 5.96. The van der Waals surface area contributed by atoms with Crippen LogP contribution in [0.15, 0.2) is 12.1 Å². The molecule has 2 nitrogen and oxygen atoms in total. The molecule has 62 valence electrons. The summed E-state index contributed by atoms with van der Waals surface area (Å²) in [7, 11) is 0. The zero-order valence-corrected chi connectivity index (χ0v) is 7.25. The molecule has 0 spiro atoms. The summed E-state index contributed by atoms with van der Waals surface area (Å²) in [6.45, 7) is 0. The lowest BCUT2D eigenvalue weighted by Gasteiger charge is -1.92. The molecule has 0 saturated carbocycles. The van der Waals surface area contributed by atoms with E-state index in [1.54, 1.807) is 0 Å². The van der Waals surface area contributed by atoms with E-state index in [4.69, 9.17) is 23.2 Å². The first-order valence-electron chi connectivity index (χ1n) is 3.17. The van der Waals surface area contributed by atoms with Gasteiger partial charge in [-0.1, -0.05) is 23.2 Å². The van der Waals surface area contributed by atoms with Crippen LogP contribution in [-0.4, -0.2) is 9.97 Å². The van der Waals surface area contributed by atoms with E-state index in [0.717, 1.165) is 0 Å². The third-order valence-corrected chi connectivity index (χ3v) is 2.22. The largest absolute Gasteiger partial charge is 0.314 e. The first-order chi connectivity index (χ1) is 5.66. The first kappa shape index (κ1) is 7.83. The normalized spacial score (nSPS) is 10.9. The number of H-pyrrole nitrogens is 1. The van der Waals surface area contributed by atoms with E-state index >= 15 is 0 Å². The number of imidazole rings is 1. The van der Waals surface area contributed by atoms with Crippen molar-refractivity contribution >= 4 is 34.2 Å². The molecule has 1 aromatic carbocycles. The van der Waals surface area contributed by atoms with Gasteiger partial charge in [0.15, 0.2) is 0 Å². The number of aromatic nitrogens is 2. The molecule has 0 aliphatic rings. The van der Waals surface area contributed by atoms with Gasteiger partial charge in [-0.3, -0.25) is 0 Å². The third kappa shape index (κ3) is 1.15. The Hall–Kier alpha value is -0.800. The van der Waals surface area contributed by atoms with Gasteiger partial charge in [-0.05, 0) is 12.1 Å². The number of hydrogen-bond donors (Lipinski definition) is 1. The van der Waals surface area contributed by atoms with Gasteiger partial charge in [0.25, 0.3) is 6.08 Å². The van der Waals surface area contributed by atoms with Crippen LogP contribution in [0.1, 0.15) is 0 Å². The minimum absolute atomic E-state index is 0.371. The number of aromatic amines is 1. The highest BCUT2D eigenvalue weighted by atomic mass is 35.5. The second kappa shape index (κ2) is 2.61. The van der Waals surface area contributed by atoms with E-state index in [0.29, 0.717) is 21.1 Å². The molecular formula is C7H3Cl2FN2. The van der Waals surface area contributed by atoms with Gasteiger partial charge < -0.3 is 4.98 Å². The van der Waals surface area contributed by atoms with Crippen molar-refractivity contribution in [3.63, 3.8) is 0 Å². The molecule has 0 bridgehead atoms. The summed E-state index contributed by atoms with van der Waals surface area (Å²) in [5.41, 5.74) is 1.02. The van der Waals surface area contributed by atoms with Crippen LogP contribution in [-0.2, 0) is 0 Å². The summed E-state index contributed by atoms with van der Waals surface area (Å²) in [6, 6.07) is 3.05. The number of fused-ring (bicyclic) bond motifs is 1. The van der Waals surface area contributed by atoms with Crippen LogP contribution in [0.25, 0.3) is 11.0 Å². The molecule has 2 rings (SSSR count). The molecule has 0 radical (unpaired) electrons. The van der Waals surface area contributed by atoms with Gasteiger partial charge in [0, 0.05) is 0 Å². The predicted molar refractivity (Wildman–Crippen MR) is 46.1 cm³/mol. The highest BCUT2D eigenvalue weighted by molar-refractivity contribution is 6.42. The summed E-state index contributed by atoms with van der Waals surface area (Å²) >= 11 is 11.4. The zero-order valence-electron chi connectivity index (χ0n) is 5.74. The lowest BCUT2D eigenvalue weighted by molar-refractivity contribution is 0.556. The quantitative estimate of drug-likeness (QED) is 0.703. The Labute approximate surface area is 77.3 Å². The highest BCUT2D eigenvalue weighted by Gasteiger charge is 2.05. The van der Waals surface area contributed by atoms with Crippen molar-refractivity contribution in [2.45, 2.75) is 0 Å². The van der Waals surface area contributed by atoms with Crippen molar-refractivity contribution in [3.05, 3.63) is 28.3 Å². The summed E-state index contributed by atoms with van der Waals surface area (Å²) in [5, 5.41) is 0.753. The van der Waals surface area contributed by atoms with E-state index in [1.165, 1.54) is 12.1 Å². The number of halogens is 3. The maximum atomic E-state index is 12.5. The van der Waals surface area contributed by atoms with Crippen molar-refractivity contribution in [2.75, 3.05) is 0 Å². The van der Waals surface area contributed by atoms with Crippen molar-refractivity contribution < 1.29 is 4.39 Å². The molecule has 2 aromatic rings. The van der Waals surface area contributed by atoms with Crippen LogP contribution in [0.4, 0.5) is 4.39 Å². The third-order valence-electron chi connectivity index (χ3n) is 1.50. The Balaban J connectivity index is 2.83. The van der Waals surface area contributed by atoms with Crippen LogP contribution in [0, 0.1) is 6.08 Å². The molecule has 5 heteroatoms. The van der Waals surface area contributed by atoms with Gasteiger partial charge in [-0.2, -0.15) is 4.39 Å². The molecule has 0 saturated heterocycles. The lowest BCUT2D eigenvalue weighted by atomic mass is 10.3. The SMILES string of the molecule is Fc1nc2cc(Cl)c(Cl)cc2[nH]1. The van der Waals surface area contributed by atoms with E-state index in [1.807, 2.05) is 0 Å². The van der Waals surface area contributed by atoms with Gasteiger partial charge in [0.2, 0.25) is 0 Å². The molecule has 0 aliphatic carbocycles. The molecule has 1 N–H and O–H groups in total. The maximum absolute atomic E-state index is 12.5. The lowest BCUT2D eigenvalue weighted by Crippen LogP contribution is -1.71. The van der Waals surface area contributed by atoms with Gasteiger partial charge in [0.1, 0.15) is 0 Å². The minimum Gasteiger partial charge on any atom is -0.314 e. The molecule has 0 aliphatic heterocycles. The Kier molecular flexibility index (Phi) is 1.70. The second-order valence-corrected chi connectivity index (χ2v) is 3.13. The van der Waals surface area contributed by atoms with Crippen molar-refractivity contribution in [2.24, 2.45) is 0 Å². The molecule has 0 fully saturated rings. The summed E-state index contributed by atoms with van der Waals surface area (Å²) in [6.07, 6.45) is -0.636. The van der Waals surface area contributed by atoms with Gasteiger partial charge in [-0.25, -0.2) is 4.98 Å². The molecule has 1 aromatic heterocycles. The molecule has 0 unspecified atom stereocenters. The first-order valence-corrected chi connectivity index (χ1v) is 3.92. The topological polar surface area (TPSA) is 28.7 Å². The van der Waals surface area contributed by atoms with Gasteiger partial charge in [0.05, 0.1) is 21.1 Å². The molecular weight excluding hydrogens is 202 g/mol. The minimum atomic E-state index is -0.636. The summed E-state index contributed by atoms with van der Waals surface area (Å²) in [5.74, 6) is 0. The van der Waals surface area contributed by atoms with Crippen LogP contribution < -0.4 is 0 Å². The molecule has 0 atom stereocenters. The van der Waals surface area contributed by atoms with Crippen LogP contribution in [0.5, 0.6) is 0 Å². The Morgan fingerprint density at radius 3 is 2.67 bits per heavy atom. The smallest absolute Gasteiger partial charge is 0.287 e. The van der Waals surface area contributed by atoms with Gasteiger partial charge >= 0.3 is 0 Å². The maximum Gasteiger partial charge on any atom is 0.287 e. The van der Waals surface area contributed by atoms with Crippen molar-refractivity contribution in [1.29, 1.82) is 0 Å². The van der Waals surface area contributed by atoms with Gasteiger partial charge in [-0.15, -0.1) is 0 Å². The van der Waals surface area contributed by atoms with E-state index in [9.17, 15) is 4.39 Å². The fraction of sp³-hybridized carbons (Fsp3) is 0. The number of nitrogens with one attached hydrogen (secondary N) is 1. The molecule has 0 amide bonds.